The van der Waals surface area contributed by atoms with E-state index in [0.717, 1.165) is 27.3 Å². The molecule has 0 saturated heterocycles. The van der Waals surface area contributed by atoms with Gasteiger partial charge in [-0.05, 0) is 47.5 Å². The highest BCUT2D eigenvalue weighted by Gasteiger charge is 2.13. The van der Waals surface area contributed by atoms with Gasteiger partial charge in [0, 0.05) is 10.0 Å². The number of hydrazone groups is 1. The summed E-state index contributed by atoms with van der Waals surface area (Å²) in [6.45, 7) is 0.635. The molecule has 0 unspecified atom stereocenters. The van der Waals surface area contributed by atoms with Gasteiger partial charge in [0.25, 0.3) is 5.91 Å². The molecule has 1 N–H and O–H groups in total. The molecule has 8 heteroatoms. The van der Waals surface area contributed by atoms with Gasteiger partial charge < -0.3 is 4.57 Å². The number of thioether (sulfide) groups is 1. The molecule has 5 nitrogen and oxygen atoms in total. The molecule has 0 atom stereocenters. The molecular weight excluding hydrogens is 451 g/mol. The van der Waals surface area contributed by atoms with Crippen LogP contribution in [0.5, 0.6) is 0 Å². The molecule has 156 valence electrons. The zero-order chi connectivity index (χ0) is 21.6. The van der Waals surface area contributed by atoms with E-state index in [1.165, 1.54) is 11.8 Å². The van der Waals surface area contributed by atoms with Crippen LogP contribution in [0.25, 0.3) is 11.0 Å². The van der Waals surface area contributed by atoms with E-state index in [1.54, 1.807) is 18.3 Å². The number of carbonyl (C=O) groups excluding carboxylic acids is 1. The van der Waals surface area contributed by atoms with Gasteiger partial charge in [0.15, 0.2) is 5.16 Å². The second-order valence-corrected chi connectivity index (χ2v) is 8.54. The van der Waals surface area contributed by atoms with Crippen LogP contribution >= 0.6 is 35.0 Å². The van der Waals surface area contributed by atoms with Crippen molar-refractivity contribution < 1.29 is 4.79 Å². The third-order valence-electron chi connectivity index (χ3n) is 4.48. The maximum Gasteiger partial charge on any atom is 0.250 e. The minimum atomic E-state index is -0.208. The number of benzene rings is 3. The maximum atomic E-state index is 12.3. The summed E-state index contributed by atoms with van der Waals surface area (Å²) in [5.41, 5.74) is 6.41. The van der Waals surface area contributed by atoms with Gasteiger partial charge in [-0.1, -0.05) is 71.4 Å². The van der Waals surface area contributed by atoms with E-state index < -0.39 is 0 Å². The number of fused-ring (bicyclic) bond motifs is 1. The van der Waals surface area contributed by atoms with E-state index in [1.807, 2.05) is 60.7 Å². The summed E-state index contributed by atoms with van der Waals surface area (Å²) in [6, 6.07) is 22.8. The Balaban J connectivity index is 1.44. The average molecular weight is 469 g/mol. The number of rotatable bonds is 7. The van der Waals surface area contributed by atoms with Crippen LogP contribution in [0, 0.1) is 0 Å². The molecular formula is C23H18Cl2N4OS. The largest absolute Gasteiger partial charge is 0.314 e. The first-order valence-electron chi connectivity index (χ1n) is 9.48. The van der Waals surface area contributed by atoms with Crippen LogP contribution in [0.4, 0.5) is 0 Å². The van der Waals surface area contributed by atoms with Crippen LogP contribution in [0.3, 0.4) is 0 Å². The van der Waals surface area contributed by atoms with Crippen molar-refractivity contribution in [2.75, 3.05) is 5.75 Å². The minimum Gasteiger partial charge on any atom is -0.314 e. The molecule has 0 bridgehead atoms. The van der Waals surface area contributed by atoms with E-state index in [0.29, 0.717) is 16.6 Å². The van der Waals surface area contributed by atoms with Gasteiger partial charge >= 0.3 is 0 Å². The molecule has 1 heterocycles. The lowest BCUT2D eigenvalue weighted by Crippen LogP contribution is -2.20. The Labute approximate surface area is 194 Å². The van der Waals surface area contributed by atoms with Crippen LogP contribution in [0.1, 0.15) is 11.1 Å². The smallest absolute Gasteiger partial charge is 0.250 e. The lowest BCUT2D eigenvalue weighted by Gasteiger charge is -2.09. The fraction of sp³-hybridized carbons (Fsp3) is 0.0870. The van der Waals surface area contributed by atoms with Gasteiger partial charge in [-0.25, -0.2) is 10.4 Å². The van der Waals surface area contributed by atoms with Crippen molar-refractivity contribution in [2.45, 2.75) is 11.7 Å². The number of imidazole rings is 1. The van der Waals surface area contributed by atoms with Crippen molar-refractivity contribution in [3.8, 4) is 0 Å². The van der Waals surface area contributed by atoms with E-state index in [2.05, 4.69) is 15.1 Å². The maximum absolute atomic E-state index is 12.3. The van der Waals surface area contributed by atoms with Gasteiger partial charge in [-0.3, -0.25) is 4.79 Å². The molecule has 1 amide bonds. The van der Waals surface area contributed by atoms with Crippen LogP contribution in [-0.4, -0.2) is 27.4 Å². The number of amides is 1. The van der Waals surface area contributed by atoms with Gasteiger partial charge in [0.1, 0.15) is 0 Å². The molecule has 0 saturated carbocycles. The monoisotopic (exact) mass is 468 g/mol. The zero-order valence-corrected chi connectivity index (χ0v) is 18.7. The lowest BCUT2D eigenvalue weighted by atomic mass is 10.2. The van der Waals surface area contributed by atoms with Gasteiger partial charge in [0.2, 0.25) is 0 Å². The fourth-order valence-corrected chi connectivity index (χ4v) is 4.04. The molecule has 0 aliphatic rings. The number of hydrogen-bond donors (Lipinski definition) is 1. The molecule has 0 aliphatic heterocycles. The molecule has 4 rings (SSSR count). The molecule has 0 aliphatic carbocycles. The number of nitrogens with one attached hydrogen (secondary N) is 1. The number of aromatic nitrogens is 2. The van der Waals surface area contributed by atoms with E-state index in [9.17, 15) is 4.79 Å². The number of para-hydroxylation sites is 2. The van der Waals surface area contributed by atoms with Crippen molar-refractivity contribution in [1.29, 1.82) is 0 Å². The molecule has 31 heavy (non-hydrogen) atoms. The number of carbonyl (C=O) groups is 1. The second-order valence-electron chi connectivity index (χ2n) is 6.73. The quantitative estimate of drug-likeness (QED) is 0.217. The third-order valence-corrected chi connectivity index (χ3v) is 5.96. The first-order chi connectivity index (χ1) is 15.1. The molecule has 4 aromatic rings. The summed E-state index contributed by atoms with van der Waals surface area (Å²) in [7, 11) is 0. The topological polar surface area (TPSA) is 59.3 Å². The normalized spacial score (nSPS) is 11.3. The van der Waals surface area contributed by atoms with Gasteiger partial charge in [0.05, 0.1) is 29.5 Å². The number of hydrogen-bond acceptors (Lipinski definition) is 4. The summed E-state index contributed by atoms with van der Waals surface area (Å²) in [5.74, 6) is -0.0117. The molecule has 0 fully saturated rings. The molecule has 0 radical (unpaired) electrons. The van der Waals surface area contributed by atoms with Crippen molar-refractivity contribution in [3.63, 3.8) is 0 Å². The molecule has 0 spiro atoms. The summed E-state index contributed by atoms with van der Waals surface area (Å²) in [6.07, 6.45) is 1.58. The Kier molecular flexibility index (Phi) is 6.92. The number of nitrogens with zero attached hydrogens (tertiary/aromatic N) is 3. The van der Waals surface area contributed by atoms with Crippen LogP contribution in [0.2, 0.25) is 10.0 Å². The Morgan fingerprint density at radius 3 is 2.42 bits per heavy atom. The summed E-state index contributed by atoms with van der Waals surface area (Å²) >= 11 is 13.2. The highest BCUT2D eigenvalue weighted by Crippen LogP contribution is 2.25. The van der Waals surface area contributed by atoms with Crippen LogP contribution < -0.4 is 5.43 Å². The van der Waals surface area contributed by atoms with Crippen molar-refractivity contribution >= 4 is 58.1 Å². The van der Waals surface area contributed by atoms with Crippen LogP contribution in [-0.2, 0) is 11.3 Å². The number of halogens is 2. The first-order valence-corrected chi connectivity index (χ1v) is 11.2. The predicted octanol–water partition coefficient (Wildman–Crippen LogP) is 5.63. The summed E-state index contributed by atoms with van der Waals surface area (Å²) in [5, 5.41) is 6.13. The van der Waals surface area contributed by atoms with Gasteiger partial charge in [-0.2, -0.15) is 5.10 Å². The summed E-state index contributed by atoms with van der Waals surface area (Å²) < 4.78 is 2.10. The van der Waals surface area contributed by atoms with Crippen molar-refractivity contribution in [2.24, 2.45) is 5.10 Å². The Morgan fingerprint density at radius 2 is 1.68 bits per heavy atom. The van der Waals surface area contributed by atoms with Gasteiger partial charge in [-0.15, -0.1) is 0 Å². The second kappa shape index (κ2) is 10.0. The standard InChI is InChI=1S/C23H18Cl2N4OS/c24-18-9-5-16(6-10-18)13-26-28-22(30)15-31-23-27-20-3-1-2-4-21(20)29(23)14-17-7-11-19(25)12-8-17/h1-13H,14-15H2,(H,28,30)/b26-13-. The SMILES string of the molecule is O=C(CSc1nc2ccccc2n1Cc1ccc(Cl)cc1)N/N=C\c1ccc(Cl)cc1. The third kappa shape index (κ3) is 5.67. The van der Waals surface area contributed by atoms with Crippen LogP contribution in [0.15, 0.2) is 83.1 Å². The average Bonchev–Trinajstić information content (AvgIpc) is 3.12. The van der Waals surface area contributed by atoms with E-state index in [4.69, 9.17) is 28.2 Å². The van der Waals surface area contributed by atoms with E-state index >= 15 is 0 Å². The minimum absolute atomic E-state index is 0.196. The highest BCUT2D eigenvalue weighted by atomic mass is 35.5. The highest BCUT2D eigenvalue weighted by molar-refractivity contribution is 7.99. The first kappa shape index (κ1) is 21.4. The Hall–Kier alpha value is -2.80. The fourth-order valence-electron chi connectivity index (χ4n) is 2.98. The van der Waals surface area contributed by atoms with E-state index in [-0.39, 0.29) is 11.7 Å². The molecule has 1 aromatic heterocycles. The van der Waals surface area contributed by atoms with Crippen molar-refractivity contribution in [1.82, 2.24) is 15.0 Å². The Bertz CT molecular complexity index is 1220. The van der Waals surface area contributed by atoms with Crippen molar-refractivity contribution in [3.05, 3.63) is 94.0 Å². The lowest BCUT2D eigenvalue weighted by molar-refractivity contribution is -0.118. The predicted molar refractivity (Wildman–Crippen MR) is 128 cm³/mol. The zero-order valence-electron chi connectivity index (χ0n) is 16.3. The summed E-state index contributed by atoms with van der Waals surface area (Å²) in [4.78, 5) is 17.0. The molecule has 3 aromatic carbocycles. The Morgan fingerprint density at radius 1 is 1.00 bits per heavy atom.